The van der Waals surface area contributed by atoms with Gasteiger partial charge in [-0.15, -0.1) is 11.8 Å². The molecule has 0 radical (unpaired) electrons. The second-order valence-electron chi connectivity index (χ2n) is 7.22. The van der Waals surface area contributed by atoms with Gasteiger partial charge in [0.2, 0.25) is 10.8 Å². The minimum Gasteiger partial charge on any atom is -0.468 e. The minimum atomic E-state index is -1.86. The van der Waals surface area contributed by atoms with Crippen LogP contribution in [-0.2, 0) is 49.0 Å². The maximum absolute atomic E-state index is 12.8. The molecule has 178 valence electrons. The van der Waals surface area contributed by atoms with E-state index in [4.69, 9.17) is 18.9 Å². The van der Waals surface area contributed by atoms with E-state index < -0.39 is 34.7 Å². The summed E-state index contributed by atoms with van der Waals surface area (Å²) >= 11 is 0. The Morgan fingerprint density at radius 1 is 0.559 bits per heavy atom. The summed E-state index contributed by atoms with van der Waals surface area (Å²) in [6.07, 6.45) is -0.632. The zero-order valence-electron chi connectivity index (χ0n) is 19.5. The van der Waals surface area contributed by atoms with Gasteiger partial charge in [-0.25, -0.2) is 0 Å². The molecule has 0 bridgehead atoms. The lowest BCUT2D eigenvalue weighted by Gasteiger charge is -2.27. The number of ether oxygens (including phenoxy) is 4. The Balaban J connectivity index is 2.57. The Morgan fingerprint density at radius 2 is 0.824 bits per heavy atom. The van der Waals surface area contributed by atoms with Crippen LogP contribution in [0.2, 0.25) is 0 Å². The molecule has 0 fully saturated rings. The van der Waals surface area contributed by atoms with Crippen LogP contribution in [-0.4, -0.2) is 52.3 Å². The first-order valence-electron chi connectivity index (χ1n) is 10.3. The summed E-state index contributed by atoms with van der Waals surface area (Å²) in [5.41, 5.74) is -3.05. The van der Waals surface area contributed by atoms with Crippen molar-refractivity contribution in [3.63, 3.8) is 0 Å². The highest BCUT2D eigenvalue weighted by molar-refractivity contribution is 6.07. The SMILES string of the molecule is COC(=O)C(CC#CCC(C(=O)OC)(C(=O)OC)c1ccccc1)(C(=O)OC)c1ccccc1. The Labute approximate surface area is 198 Å². The number of benzene rings is 2. The molecular weight excluding hydrogens is 440 g/mol. The van der Waals surface area contributed by atoms with Gasteiger partial charge in [0.05, 0.1) is 28.4 Å². The third kappa shape index (κ3) is 4.79. The van der Waals surface area contributed by atoms with E-state index in [1.54, 1.807) is 60.7 Å². The molecule has 0 N–H and O–H groups in total. The van der Waals surface area contributed by atoms with Gasteiger partial charge >= 0.3 is 23.9 Å². The Bertz CT molecular complexity index is 963. The molecule has 0 heterocycles. The summed E-state index contributed by atoms with van der Waals surface area (Å²) in [7, 11) is 4.63. The summed E-state index contributed by atoms with van der Waals surface area (Å²) < 4.78 is 19.7. The highest BCUT2D eigenvalue weighted by atomic mass is 16.6. The van der Waals surface area contributed by atoms with E-state index in [1.165, 1.54) is 0 Å². The van der Waals surface area contributed by atoms with Crippen molar-refractivity contribution in [1.29, 1.82) is 0 Å². The predicted octanol–water partition coefficient (Wildman–Crippen LogP) is 2.34. The van der Waals surface area contributed by atoms with Gasteiger partial charge in [0.15, 0.2) is 0 Å². The highest BCUT2D eigenvalue weighted by Crippen LogP contribution is 2.33. The lowest BCUT2D eigenvalue weighted by molar-refractivity contribution is -0.163. The van der Waals surface area contributed by atoms with E-state index in [-0.39, 0.29) is 12.8 Å². The molecule has 0 unspecified atom stereocenters. The molecule has 0 aliphatic rings. The molecular formula is C26H26O8. The second-order valence-corrected chi connectivity index (χ2v) is 7.22. The number of esters is 4. The van der Waals surface area contributed by atoms with E-state index >= 15 is 0 Å². The van der Waals surface area contributed by atoms with Crippen molar-refractivity contribution in [3.8, 4) is 11.8 Å². The number of carbonyl (C=O) groups is 4. The summed E-state index contributed by atoms with van der Waals surface area (Å²) in [5.74, 6) is 2.13. The molecule has 0 saturated carbocycles. The molecule has 0 aliphatic heterocycles. The van der Waals surface area contributed by atoms with Crippen LogP contribution in [0.3, 0.4) is 0 Å². The van der Waals surface area contributed by atoms with Gasteiger partial charge in [0.25, 0.3) is 0 Å². The van der Waals surface area contributed by atoms with E-state index in [1.807, 2.05) is 0 Å². The van der Waals surface area contributed by atoms with Crippen molar-refractivity contribution in [2.75, 3.05) is 28.4 Å². The number of hydrogen-bond donors (Lipinski definition) is 0. The summed E-state index contributed by atoms with van der Waals surface area (Å²) in [5, 5.41) is 0. The van der Waals surface area contributed by atoms with Crippen molar-refractivity contribution in [2.24, 2.45) is 0 Å². The Hall–Kier alpha value is -4.12. The first-order valence-corrected chi connectivity index (χ1v) is 10.3. The predicted molar refractivity (Wildman–Crippen MR) is 121 cm³/mol. The normalized spacial score (nSPS) is 10.8. The Morgan fingerprint density at radius 3 is 1.06 bits per heavy atom. The van der Waals surface area contributed by atoms with Gasteiger partial charge in [-0.1, -0.05) is 60.7 Å². The van der Waals surface area contributed by atoms with Gasteiger partial charge in [-0.3, -0.25) is 19.2 Å². The molecule has 0 amide bonds. The maximum atomic E-state index is 12.8. The van der Waals surface area contributed by atoms with Crippen molar-refractivity contribution < 1.29 is 38.1 Å². The highest BCUT2D eigenvalue weighted by Gasteiger charge is 2.51. The number of carbonyl (C=O) groups excluding carboxylic acids is 4. The van der Waals surface area contributed by atoms with Crippen LogP contribution < -0.4 is 0 Å². The van der Waals surface area contributed by atoms with Crippen LogP contribution in [0.15, 0.2) is 60.7 Å². The minimum absolute atomic E-state index is 0.316. The molecule has 2 aromatic carbocycles. The molecule has 8 nitrogen and oxygen atoms in total. The molecule has 0 atom stereocenters. The van der Waals surface area contributed by atoms with Gasteiger partial charge in [0, 0.05) is 12.8 Å². The van der Waals surface area contributed by atoms with E-state index in [0.717, 1.165) is 28.4 Å². The van der Waals surface area contributed by atoms with Crippen LogP contribution in [0, 0.1) is 11.8 Å². The number of methoxy groups -OCH3 is 4. The fraction of sp³-hybridized carbons (Fsp3) is 0.308. The van der Waals surface area contributed by atoms with Crippen LogP contribution in [0.25, 0.3) is 0 Å². The standard InChI is InChI=1S/C26H26O8/c1-31-21(27)25(22(28)32-2,19-13-7-5-8-14-19)17-11-12-18-26(23(29)33-3,24(30)34-4)20-15-9-6-10-16-20/h5-10,13-16H,17-18H2,1-4H3. The molecule has 0 aliphatic carbocycles. The number of rotatable bonds is 8. The van der Waals surface area contributed by atoms with Crippen LogP contribution >= 0.6 is 0 Å². The zero-order chi connectivity index (χ0) is 25.2. The molecule has 0 aromatic heterocycles. The largest absolute Gasteiger partial charge is 0.468 e. The van der Waals surface area contributed by atoms with Gasteiger partial charge < -0.3 is 18.9 Å². The lowest BCUT2D eigenvalue weighted by Crippen LogP contribution is -2.46. The van der Waals surface area contributed by atoms with E-state index in [0.29, 0.717) is 11.1 Å². The van der Waals surface area contributed by atoms with E-state index in [2.05, 4.69) is 11.8 Å². The molecule has 8 heteroatoms. The second kappa shape index (κ2) is 11.7. The number of hydrogen-bond acceptors (Lipinski definition) is 8. The van der Waals surface area contributed by atoms with Gasteiger partial charge in [-0.05, 0) is 11.1 Å². The summed E-state index contributed by atoms with van der Waals surface area (Å²) in [6, 6.07) is 16.5. The fourth-order valence-corrected chi connectivity index (χ4v) is 3.66. The smallest absolute Gasteiger partial charge is 0.328 e. The topological polar surface area (TPSA) is 105 Å². The monoisotopic (exact) mass is 466 g/mol. The Kier molecular flexibility index (Phi) is 8.96. The molecule has 2 aromatic rings. The third-order valence-corrected chi connectivity index (χ3v) is 5.50. The van der Waals surface area contributed by atoms with Crippen molar-refractivity contribution >= 4 is 23.9 Å². The van der Waals surface area contributed by atoms with Gasteiger partial charge in [0.1, 0.15) is 0 Å². The zero-order valence-corrected chi connectivity index (χ0v) is 19.5. The summed E-state index contributed by atoms with van der Waals surface area (Å²) in [6.45, 7) is 0. The van der Waals surface area contributed by atoms with Crippen molar-refractivity contribution in [1.82, 2.24) is 0 Å². The van der Waals surface area contributed by atoms with Crippen molar-refractivity contribution in [3.05, 3.63) is 71.8 Å². The van der Waals surface area contributed by atoms with Crippen molar-refractivity contribution in [2.45, 2.75) is 23.7 Å². The van der Waals surface area contributed by atoms with Gasteiger partial charge in [-0.2, -0.15) is 0 Å². The first kappa shape index (κ1) is 26.1. The summed E-state index contributed by atoms with van der Waals surface area (Å²) in [4.78, 5) is 51.3. The van der Waals surface area contributed by atoms with E-state index in [9.17, 15) is 19.2 Å². The van der Waals surface area contributed by atoms with Crippen LogP contribution in [0.4, 0.5) is 0 Å². The van der Waals surface area contributed by atoms with Crippen LogP contribution in [0.5, 0.6) is 0 Å². The van der Waals surface area contributed by atoms with Crippen LogP contribution in [0.1, 0.15) is 24.0 Å². The molecule has 34 heavy (non-hydrogen) atoms. The third-order valence-electron chi connectivity index (χ3n) is 5.50. The first-order chi connectivity index (χ1) is 16.3. The molecule has 2 rings (SSSR count). The molecule has 0 saturated heterocycles. The quantitative estimate of drug-likeness (QED) is 0.253. The average Bonchev–Trinajstić information content (AvgIpc) is 2.90. The maximum Gasteiger partial charge on any atom is 0.328 e. The fourth-order valence-electron chi connectivity index (χ4n) is 3.66. The molecule has 0 spiro atoms. The average molecular weight is 466 g/mol. The lowest BCUT2D eigenvalue weighted by atomic mass is 9.76.